The molecule has 4 rings (SSSR count). The van der Waals surface area contributed by atoms with Gasteiger partial charge < -0.3 is 14.5 Å². The minimum absolute atomic E-state index is 0.0333. The van der Waals surface area contributed by atoms with Gasteiger partial charge in [-0.05, 0) is 50.5 Å². The topological polar surface area (TPSA) is 62.7 Å². The predicted molar refractivity (Wildman–Crippen MR) is 121 cm³/mol. The molecule has 1 aromatic heterocycles. The molecule has 0 unspecified atom stereocenters. The predicted octanol–water partition coefficient (Wildman–Crippen LogP) is 3.83. The van der Waals surface area contributed by atoms with Crippen molar-refractivity contribution in [1.82, 2.24) is 14.8 Å². The lowest BCUT2D eigenvalue weighted by Gasteiger charge is -2.39. The van der Waals surface area contributed by atoms with Crippen molar-refractivity contribution in [2.45, 2.75) is 51.6 Å². The molecule has 2 amide bonds. The molecule has 2 fully saturated rings. The fraction of sp³-hybridized carbons (Fsp3) is 0.542. The first kappa shape index (κ1) is 22.7. The van der Waals surface area contributed by atoms with E-state index < -0.39 is 0 Å². The van der Waals surface area contributed by atoms with E-state index in [0.717, 1.165) is 36.6 Å². The number of hydrogen-bond acceptors (Lipinski definition) is 5. The molecule has 2 atom stereocenters. The van der Waals surface area contributed by atoms with E-state index in [1.807, 2.05) is 22.1 Å². The summed E-state index contributed by atoms with van der Waals surface area (Å²) < 4.78 is 19.5. The van der Waals surface area contributed by atoms with Crippen molar-refractivity contribution in [3.8, 4) is 5.75 Å². The van der Waals surface area contributed by atoms with Crippen molar-refractivity contribution >= 4 is 23.2 Å². The molecule has 0 N–H and O–H groups in total. The number of aromatic nitrogens is 1. The highest BCUT2D eigenvalue weighted by Crippen LogP contribution is 2.27. The molecule has 32 heavy (non-hydrogen) atoms. The van der Waals surface area contributed by atoms with E-state index >= 15 is 0 Å². The van der Waals surface area contributed by atoms with Crippen LogP contribution in [-0.2, 0) is 16.0 Å². The second-order valence-corrected chi connectivity index (χ2v) is 9.74. The van der Waals surface area contributed by atoms with Crippen LogP contribution in [0.3, 0.4) is 0 Å². The molecule has 8 heteroatoms. The standard InChI is InChI=1S/C24H30FN3O3S/c1-17-26-20(16-32-17)14-24(30)28-12-9-22(31-21-7-5-19(25)6-8-21)18(15-28)13-23(29)27-10-3-2-4-11-27/h5-8,16,18,22H,2-4,9-15H2,1H3/t18-,22-/m0/s1. The summed E-state index contributed by atoms with van der Waals surface area (Å²) >= 11 is 1.54. The first-order valence-electron chi connectivity index (χ1n) is 11.4. The molecule has 0 saturated carbocycles. The van der Waals surface area contributed by atoms with Crippen LogP contribution >= 0.6 is 11.3 Å². The number of likely N-dealkylation sites (tertiary alicyclic amines) is 2. The van der Waals surface area contributed by atoms with Gasteiger partial charge in [-0.3, -0.25) is 9.59 Å². The maximum absolute atomic E-state index is 13.3. The number of aryl methyl sites for hydroxylation is 1. The zero-order valence-electron chi connectivity index (χ0n) is 18.5. The van der Waals surface area contributed by atoms with Crippen LogP contribution in [0.4, 0.5) is 4.39 Å². The van der Waals surface area contributed by atoms with Gasteiger partial charge in [0.1, 0.15) is 17.7 Å². The van der Waals surface area contributed by atoms with Crippen LogP contribution < -0.4 is 4.74 Å². The SMILES string of the molecule is Cc1nc(CC(=O)N2CC[C@H](Oc3ccc(F)cc3)[C@@H](CC(=O)N3CCCCC3)C2)cs1. The third kappa shape index (κ3) is 5.85. The van der Waals surface area contributed by atoms with Gasteiger partial charge in [0.25, 0.3) is 0 Å². The number of carbonyl (C=O) groups excluding carboxylic acids is 2. The van der Waals surface area contributed by atoms with Crippen molar-refractivity contribution < 1.29 is 18.7 Å². The van der Waals surface area contributed by atoms with Gasteiger partial charge in [0.15, 0.2) is 0 Å². The summed E-state index contributed by atoms with van der Waals surface area (Å²) in [5.74, 6) is 0.332. The summed E-state index contributed by atoms with van der Waals surface area (Å²) in [5.41, 5.74) is 0.795. The van der Waals surface area contributed by atoms with Crippen LogP contribution in [0.2, 0.25) is 0 Å². The van der Waals surface area contributed by atoms with Crippen LogP contribution in [0.15, 0.2) is 29.6 Å². The molecule has 2 aliphatic heterocycles. The molecule has 2 saturated heterocycles. The highest BCUT2D eigenvalue weighted by Gasteiger charge is 2.35. The minimum atomic E-state index is -0.313. The van der Waals surface area contributed by atoms with Crippen LogP contribution in [0.25, 0.3) is 0 Å². The van der Waals surface area contributed by atoms with Gasteiger partial charge in [-0.25, -0.2) is 9.37 Å². The zero-order valence-corrected chi connectivity index (χ0v) is 19.3. The molecular formula is C24H30FN3O3S. The molecule has 1 aromatic carbocycles. The number of piperidine rings is 2. The number of carbonyl (C=O) groups is 2. The van der Waals surface area contributed by atoms with E-state index in [4.69, 9.17) is 4.74 Å². The first-order chi connectivity index (χ1) is 15.5. The fourth-order valence-electron chi connectivity index (χ4n) is 4.53. The summed E-state index contributed by atoms with van der Waals surface area (Å²) in [6, 6.07) is 5.97. The van der Waals surface area contributed by atoms with Gasteiger partial charge in [-0.2, -0.15) is 0 Å². The number of ether oxygens (including phenoxy) is 1. The Balaban J connectivity index is 1.44. The molecule has 2 aromatic rings. The van der Waals surface area contributed by atoms with Crippen LogP contribution in [-0.4, -0.2) is 58.9 Å². The molecule has 0 aliphatic carbocycles. The van der Waals surface area contributed by atoms with E-state index in [0.29, 0.717) is 31.7 Å². The average Bonchev–Trinajstić information content (AvgIpc) is 3.21. The number of benzene rings is 1. The Bertz CT molecular complexity index is 927. The maximum Gasteiger partial charge on any atom is 0.228 e. The van der Waals surface area contributed by atoms with Gasteiger partial charge >= 0.3 is 0 Å². The van der Waals surface area contributed by atoms with Gasteiger partial charge in [-0.1, -0.05) is 0 Å². The highest BCUT2D eigenvalue weighted by molar-refractivity contribution is 7.09. The Kier molecular flexibility index (Phi) is 7.40. The lowest BCUT2D eigenvalue weighted by molar-refractivity contribution is -0.139. The van der Waals surface area contributed by atoms with Crippen molar-refractivity contribution in [2.24, 2.45) is 5.92 Å². The van der Waals surface area contributed by atoms with E-state index in [1.165, 1.54) is 18.6 Å². The van der Waals surface area contributed by atoms with Crippen LogP contribution in [0, 0.1) is 18.7 Å². The second-order valence-electron chi connectivity index (χ2n) is 8.68. The van der Waals surface area contributed by atoms with E-state index in [2.05, 4.69) is 4.98 Å². The second kappa shape index (κ2) is 10.4. The van der Waals surface area contributed by atoms with E-state index in [-0.39, 0.29) is 36.1 Å². The summed E-state index contributed by atoms with van der Waals surface area (Å²) in [6.07, 6.45) is 4.33. The molecule has 172 valence electrons. The zero-order chi connectivity index (χ0) is 22.5. The number of thiazole rings is 1. The Hall–Kier alpha value is -2.48. The highest BCUT2D eigenvalue weighted by atomic mass is 32.1. The lowest BCUT2D eigenvalue weighted by atomic mass is 9.90. The fourth-order valence-corrected chi connectivity index (χ4v) is 5.14. The Morgan fingerprint density at radius 3 is 2.53 bits per heavy atom. The smallest absolute Gasteiger partial charge is 0.228 e. The van der Waals surface area contributed by atoms with Crippen molar-refractivity contribution in [2.75, 3.05) is 26.2 Å². The van der Waals surface area contributed by atoms with Crippen molar-refractivity contribution in [3.63, 3.8) is 0 Å². The summed E-state index contributed by atoms with van der Waals surface area (Å²) in [7, 11) is 0. The van der Waals surface area contributed by atoms with Crippen LogP contribution in [0.1, 0.15) is 42.8 Å². The number of halogens is 1. The number of hydrogen-bond donors (Lipinski definition) is 0. The van der Waals surface area contributed by atoms with Crippen molar-refractivity contribution in [3.05, 3.63) is 46.2 Å². The number of rotatable bonds is 6. The molecule has 2 aliphatic rings. The first-order valence-corrected chi connectivity index (χ1v) is 12.2. The lowest BCUT2D eigenvalue weighted by Crippen LogP contribution is -2.50. The van der Waals surface area contributed by atoms with Gasteiger partial charge in [0, 0.05) is 50.3 Å². The summed E-state index contributed by atoms with van der Waals surface area (Å²) in [6.45, 7) is 4.59. The third-order valence-electron chi connectivity index (χ3n) is 6.26. The normalized spacial score (nSPS) is 21.4. The van der Waals surface area contributed by atoms with E-state index in [1.54, 1.807) is 23.5 Å². The molecular weight excluding hydrogens is 429 g/mol. The van der Waals surface area contributed by atoms with E-state index in [9.17, 15) is 14.0 Å². The number of amides is 2. The number of nitrogens with zero attached hydrogens (tertiary/aromatic N) is 3. The minimum Gasteiger partial charge on any atom is -0.490 e. The average molecular weight is 460 g/mol. The molecule has 6 nitrogen and oxygen atoms in total. The molecule has 0 spiro atoms. The largest absolute Gasteiger partial charge is 0.490 e. The Morgan fingerprint density at radius 2 is 1.84 bits per heavy atom. The van der Waals surface area contributed by atoms with Gasteiger partial charge in [0.05, 0.1) is 17.1 Å². The quantitative estimate of drug-likeness (QED) is 0.659. The van der Waals surface area contributed by atoms with Crippen LogP contribution in [0.5, 0.6) is 5.75 Å². The Morgan fingerprint density at radius 1 is 1.09 bits per heavy atom. The maximum atomic E-state index is 13.3. The molecule has 0 bridgehead atoms. The monoisotopic (exact) mass is 459 g/mol. The summed E-state index contributed by atoms with van der Waals surface area (Å²) in [4.78, 5) is 34.1. The van der Waals surface area contributed by atoms with Gasteiger partial charge in [0.2, 0.25) is 11.8 Å². The Labute approximate surface area is 192 Å². The third-order valence-corrected chi connectivity index (χ3v) is 7.08. The van der Waals surface area contributed by atoms with Gasteiger partial charge in [-0.15, -0.1) is 11.3 Å². The molecule has 0 radical (unpaired) electrons. The van der Waals surface area contributed by atoms with Crippen molar-refractivity contribution in [1.29, 1.82) is 0 Å². The summed E-state index contributed by atoms with van der Waals surface area (Å²) in [5, 5.41) is 2.87. The molecule has 3 heterocycles.